The van der Waals surface area contributed by atoms with Gasteiger partial charge in [0, 0.05) is 30.0 Å². The molecule has 1 fully saturated rings. The fourth-order valence-corrected chi connectivity index (χ4v) is 4.34. The fourth-order valence-electron chi connectivity index (χ4n) is 3.62. The lowest BCUT2D eigenvalue weighted by Crippen LogP contribution is -2.48. The average molecular weight is 447 g/mol. The summed E-state index contributed by atoms with van der Waals surface area (Å²) >= 11 is 1.58. The van der Waals surface area contributed by atoms with Gasteiger partial charge < -0.3 is 14.5 Å². The van der Waals surface area contributed by atoms with Crippen molar-refractivity contribution < 1.29 is 18.7 Å². The molecule has 0 bridgehead atoms. The number of carbonyl (C=O) groups is 2. The Balaban J connectivity index is 1.77. The maximum absolute atomic E-state index is 13.4. The lowest BCUT2D eigenvalue weighted by atomic mass is 9.94. The number of benzene rings is 1. The molecule has 0 spiro atoms. The van der Waals surface area contributed by atoms with Crippen LogP contribution in [0.25, 0.3) is 0 Å². The minimum absolute atomic E-state index is 0.00251. The van der Waals surface area contributed by atoms with Crippen LogP contribution in [0.5, 0.6) is 0 Å². The molecule has 2 heterocycles. The molecule has 1 unspecified atom stereocenters. The molecular formula is C24H31FN2O3S. The number of rotatable bonds is 8. The second-order valence-corrected chi connectivity index (χ2v) is 10.1. The fraction of sp³-hybridized carbons (Fsp3) is 0.500. The second-order valence-electron chi connectivity index (χ2n) is 9.03. The van der Waals surface area contributed by atoms with Crippen molar-refractivity contribution in [3.63, 3.8) is 0 Å². The van der Waals surface area contributed by atoms with E-state index in [4.69, 9.17) is 4.74 Å². The molecule has 1 atom stereocenters. The molecule has 3 rings (SSSR count). The van der Waals surface area contributed by atoms with Crippen LogP contribution < -0.4 is 0 Å². The molecule has 0 aliphatic carbocycles. The van der Waals surface area contributed by atoms with E-state index in [2.05, 4.69) is 0 Å². The molecule has 1 aliphatic heterocycles. The summed E-state index contributed by atoms with van der Waals surface area (Å²) in [5.41, 5.74) is 0.258. The Morgan fingerprint density at radius 1 is 1.13 bits per heavy atom. The van der Waals surface area contributed by atoms with Gasteiger partial charge in [0.1, 0.15) is 5.82 Å². The van der Waals surface area contributed by atoms with Crippen molar-refractivity contribution >= 4 is 23.2 Å². The zero-order chi connectivity index (χ0) is 22.4. The first-order valence-electron chi connectivity index (χ1n) is 10.7. The molecule has 0 saturated carbocycles. The first-order chi connectivity index (χ1) is 14.7. The molecule has 7 heteroatoms. The largest absolute Gasteiger partial charge is 0.376 e. The third kappa shape index (κ3) is 6.87. The van der Waals surface area contributed by atoms with Crippen molar-refractivity contribution in [1.82, 2.24) is 9.80 Å². The number of thiophene rings is 1. The quantitative estimate of drug-likeness (QED) is 0.601. The van der Waals surface area contributed by atoms with Crippen LogP contribution in [0, 0.1) is 11.2 Å². The lowest BCUT2D eigenvalue weighted by Gasteiger charge is -2.33. The summed E-state index contributed by atoms with van der Waals surface area (Å²) in [4.78, 5) is 30.9. The van der Waals surface area contributed by atoms with E-state index in [9.17, 15) is 14.0 Å². The molecule has 5 nitrogen and oxygen atoms in total. The van der Waals surface area contributed by atoms with Crippen LogP contribution in [-0.2, 0) is 27.4 Å². The molecule has 2 aromatic rings. The van der Waals surface area contributed by atoms with E-state index < -0.39 is 5.41 Å². The predicted molar refractivity (Wildman–Crippen MR) is 120 cm³/mol. The van der Waals surface area contributed by atoms with Crippen molar-refractivity contribution in [3.05, 3.63) is 58.0 Å². The van der Waals surface area contributed by atoms with E-state index in [0.29, 0.717) is 26.2 Å². The van der Waals surface area contributed by atoms with Crippen LogP contribution in [0.3, 0.4) is 0 Å². The van der Waals surface area contributed by atoms with Crippen molar-refractivity contribution in [2.45, 2.75) is 52.8 Å². The van der Waals surface area contributed by atoms with E-state index in [1.54, 1.807) is 33.3 Å². The zero-order valence-corrected chi connectivity index (χ0v) is 19.3. The highest BCUT2D eigenvalue weighted by atomic mass is 32.1. The third-order valence-electron chi connectivity index (χ3n) is 5.27. The molecule has 2 amide bonds. The van der Waals surface area contributed by atoms with Crippen molar-refractivity contribution in [2.75, 3.05) is 19.7 Å². The Labute approximate surface area is 187 Å². The van der Waals surface area contributed by atoms with Crippen LogP contribution in [0.15, 0.2) is 41.8 Å². The van der Waals surface area contributed by atoms with E-state index >= 15 is 0 Å². The smallest absolute Gasteiger partial charge is 0.242 e. The van der Waals surface area contributed by atoms with Gasteiger partial charge in [0.25, 0.3) is 0 Å². The molecule has 1 aromatic carbocycles. The van der Waals surface area contributed by atoms with Gasteiger partial charge >= 0.3 is 0 Å². The van der Waals surface area contributed by atoms with Crippen LogP contribution in [0.2, 0.25) is 0 Å². The van der Waals surface area contributed by atoms with E-state index in [-0.39, 0.29) is 30.3 Å². The van der Waals surface area contributed by atoms with Crippen LogP contribution >= 0.6 is 11.3 Å². The Bertz CT molecular complexity index is 856. The van der Waals surface area contributed by atoms with Crippen LogP contribution in [-0.4, -0.2) is 47.4 Å². The van der Waals surface area contributed by atoms with Gasteiger partial charge in [-0.25, -0.2) is 4.39 Å². The van der Waals surface area contributed by atoms with Gasteiger partial charge in [-0.2, -0.15) is 0 Å². The van der Waals surface area contributed by atoms with E-state index in [1.165, 1.54) is 12.1 Å². The van der Waals surface area contributed by atoms with Gasteiger partial charge in [0.05, 0.1) is 19.2 Å². The summed E-state index contributed by atoms with van der Waals surface area (Å²) in [6, 6.07) is 10.1. The molecule has 0 N–H and O–H groups in total. The Morgan fingerprint density at radius 2 is 1.87 bits per heavy atom. The molecule has 1 saturated heterocycles. The predicted octanol–water partition coefficient (Wildman–Crippen LogP) is 4.47. The van der Waals surface area contributed by atoms with E-state index in [0.717, 1.165) is 23.3 Å². The van der Waals surface area contributed by atoms with Crippen molar-refractivity contribution in [1.29, 1.82) is 0 Å². The summed E-state index contributed by atoms with van der Waals surface area (Å²) in [5.74, 6) is -0.499. The summed E-state index contributed by atoms with van der Waals surface area (Å²) in [6.07, 6.45) is 1.85. The SMILES string of the molecule is CC(C)(C)C(=O)N(CC(=O)N(Cc1ccc(F)cc1)Cc1cccs1)CC1CCCO1. The van der Waals surface area contributed by atoms with E-state index in [1.807, 2.05) is 38.3 Å². The normalized spacial score (nSPS) is 16.3. The highest BCUT2D eigenvalue weighted by Crippen LogP contribution is 2.22. The molecular weight excluding hydrogens is 415 g/mol. The Kier molecular flexibility index (Phi) is 7.84. The first-order valence-corrected chi connectivity index (χ1v) is 11.6. The summed E-state index contributed by atoms with van der Waals surface area (Å²) in [7, 11) is 0. The molecule has 1 aliphatic rings. The molecule has 1 aromatic heterocycles. The summed E-state index contributed by atoms with van der Waals surface area (Å²) in [6.45, 7) is 7.53. The first kappa shape index (κ1) is 23.4. The van der Waals surface area contributed by atoms with Gasteiger partial charge in [0.2, 0.25) is 11.8 Å². The maximum atomic E-state index is 13.4. The van der Waals surface area contributed by atoms with Crippen LogP contribution in [0.1, 0.15) is 44.1 Å². The van der Waals surface area contributed by atoms with Crippen molar-refractivity contribution in [2.24, 2.45) is 5.41 Å². The van der Waals surface area contributed by atoms with Gasteiger partial charge in [-0.15, -0.1) is 11.3 Å². The Morgan fingerprint density at radius 3 is 2.45 bits per heavy atom. The van der Waals surface area contributed by atoms with Gasteiger partial charge in [-0.05, 0) is 42.0 Å². The number of nitrogens with zero attached hydrogens (tertiary/aromatic N) is 2. The van der Waals surface area contributed by atoms with Crippen molar-refractivity contribution in [3.8, 4) is 0 Å². The van der Waals surface area contributed by atoms with Gasteiger partial charge in [-0.3, -0.25) is 9.59 Å². The average Bonchev–Trinajstić information content (AvgIpc) is 3.41. The standard InChI is InChI=1S/C24H31FN2O3S/c1-24(2,3)23(29)27(15-20-6-4-12-30-20)17-22(28)26(16-21-7-5-13-31-21)14-18-8-10-19(25)11-9-18/h5,7-11,13,20H,4,6,12,14-17H2,1-3H3. The number of hydrogen-bond donors (Lipinski definition) is 0. The highest BCUT2D eigenvalue weighted by molar-refractivity contribution is 7.09. The monoisotopic (exact) mass is 446 g/mol. The Hall–Kier alpha value is -2.25. The number of halogens is 1. The highest BCUT2D eigenvalue weighted by Gasteiger charge is 2.32. The number of ether oxygens (including phenoxy) is 1. The molecule has 0 radical (unpaired) electrons. The van der Waals surface area contributed by atoms with Gasteiger partial charge in [0.15, 0.2) is 0 Å². The zero-order valence-electron chi connectivity index (χ0n) is 18.5. The molecule has 31 heavy (non-hydrogen) atoms. The number of amides is 2. The minimum Gasteiger partial charge on any atom is -0.376 e. The lowest BCUT2D eigenvalue weighted by molar-refractivity contribution is -0.147. The topological polar surface area (TPSA) is 49.9 Å². The minimum atomic E-state index is -0.589. The second kappa shape index (κ2) is 10.4. The van der Waals surface area contributed by atoms with Gasteiger partial charge in [-0.1, -0.05) is 39.0 Å². The summed E-state index contributed by atoms with van der Waals surface area (Å²) in [5, 5.41) is 1.97. The summed E-state index contributed by atoms with van der Waals surface area (Å²) < 4.78 is 19.0. The number of carbonyl (C=O) groups excluding carboxylic acids is 2. The van der Waals surface area contributed by atoms with Crippen LogP contribution in [0.4, 0.5) is 4.39 Å². The maximum Gasteiger partial charge on any atom is 0.242 e. The number of hydrogen-bond acceptors (Lipinski definition) is 4. The molecule has 168 valence electrons. The third-order valence-corrected chi connectivity index (χ3v) is 6.13.